The summed E-state index contributed by atoms with van der Waals surface area (Å²) in [6.07, 6.45) is 1.49. The molecule has 0 radical (unpaired) electrons. The van der Waals surface area contributed by atoms with Crippen molar-refractivity contribution in [1.82, 2.24) is 0 Å². The Morgan fingerprint density at radius 3 is 2.39 bits per heavy atom. The van der Waals surface area contributed by atoms with E-state index in [9.17, 15) is 10.1 Å². The first-order valence-corrected chi connectivity index (χ1v) is 10.4. The molecule has 3 aromatic carbocycles. The molecule has 33 heavy (non-hydrogen) atoms. The quantitative estimate of drug-likeness (QED) is 0.338. The van der Waals surface area contributed by atoms with Crippen LogP contribution in [0.1, 0.15) is 16.7 Å². The molecule has 0 aliphatic rings. The van der Waals surface area contributed by atoms with E-state index in [0.717, 1.165) is 5.56 Å². The Kier molecular flexibility index (Phi) is 7.96. The van der Waals surface area contributed by atoms with E-state index in [0.29, 0.717) is 40.1 Å². The molecule has 168 valence electrons. The fourth-order valence-electron chi connectivity index (χ4n) is 3.03. The van der Waals surface area contributed by atoms with Crippen LogP contribution in [0.2, 0.25) is 5.02 Å². The number of ether oxygens (including phenoxy) is 3. The van der Waals surface area contributed by atoms with Crippen LogP contribution >= 0.6 is 11.6 Å². The molecule has 0 aliphatic heterocycles. The maximum atomic E-state index is 12.9. The number of benzene rings is 3. The molecule has 0 atom stereocenters. The van der Waals surface area contributed by atoms with Crippen molar-refractivity contribution < 1.29 is 19.0 Å². The van der Waals surface area contributed by atoms with Gasteiger partial charge in [0.25, 0.3) is 5.91 Å². The molecule has 3 aromatic rings. The van der Waals surface area contributed by atoms with Crippen molar-refractivity contribution in [2.45, 2.75) is 13.5 Å². The van der Waals surface area contributed by atoms with Gasteiger partial charge in [0.15, 0.2) is 0 Å². The number of halogens is 1. The number of anilines is 1. The molecule has 0 aromatic heterocycles. The summed E-state index contributed by atoms with van der Waals surface area (Å²) >= 11 is 6.12. The molecule has 0 heterocycles. The largest absolute Gasteiger partial charge is 0.495 e. The van der Waals surface area contributed by atoms with Crippen LogP contribution in [0.15, 0.2) is 66.2 Å². The summed E-state index contributed by atoms with van der Waals surface area (Å²) in [6, 6.07) is 20.3. The van der Waals surface area contributed by atoms with Crippen molar-refractivity contribution in [3.63, 3.8) is 0 Å². The summed E-state index contributed by atoms with van der Waals surface area (Å²) in [4.78, 5) is 12.9. The number of nitrogens with one attached hydrogen (secondary N) is 1. The van der Waals surface area contributed by atoms with Gasteiger partial charge in [0.1, 0.15) is 35.5 Å². The molecule has 1 N–H and O–H groups in total. The third-order valence-electron chi connectivity index (χ3n) is 4.82. The Morgan fingerprint density at radius 1 is 1.03 bits per heavy atom. The fourth-order valence-corrected chi connectivity index (χ4v) is 3.26. The third-order valence-corrected chi connectivity index (χ3v) is 5.12. The van der Waals surface area contributed by atoms with E-state index >= 15 is 0 Å². The Morgan fingerprint density at radius 2 is 1.73 bits per heavy atom. The SMILES string of the molecule is COc1cc(NC(=O)/C(C#N)=C/c2ccccc2OCc2ccc(C)cc2)c(OC)cc1Cl. The lowest BCUT2D eigenvalue weighted by molar-refractivity contribution is -0.112. The fraction of sp³-hybridized carbons (Fsp3) is 0.154. The summed E-state index contributed by atoms with van der Waals surface area (Å²) in [7, 11) is 2.92. The average Bonchev–Trinajstić information content (AvgIpc) is 2.83. The summed E-state index contributed by atoms with van der Waals surface area (Å²) in [5.74, 6) is 0.663. The highest BCUT2D eigenvalue weighted by molar-refractivity contribution is 6.32. The zero-order valence-electron chi connectivity index (χ0n) is 18.5. The maximum absolute atomic E-state index is 12.9. The van der Waals surface area contributed by atoms with Crippen molar-refractivity contribution in [3.8, 4) is 23.3 Å². The number of rotatable bonds is 8. The van der Waals surface area contributed by atoms with E-state index < -0.39 is 5.91 Å². The molecule has 3 rings (SSSR count). The Balaban J connectivity index is 1.83. The lowest BCUT2D eigenvalue weighted by Gasteiger charge is -2.13. The number of hydrogen-bond acceptors (Lipinski definition) is 5. The predicted molar refractivity (Wildman–Crippen MR) is 129 cm³/mol. The Hall–Kier alpha value is -3.95. The molecule has 6 nitrogen and oxygen atoms in total. The molecule has 0 saturated heterocycles. The van der Waals surface area contributed by atoms with E-state index in [1.165, 1.54) is 38.0 Å². The van der Waals surface area contributed by atoms with Gasteiger partial charge in [0.2, 0.25) is 0 Å². The zero-order chi connectivity index (χ0) is 23.8. The van der Waals surface area contributed by atoms with Crippen molar-refractivity contribution in [3.05, 3.63) is 87.9 Å². The second kappa shape index (κ2) is 11.1. The highest BCUT2D eigenvalue weighted by Gasteiger charge is 2.16. The second-order valence-electron chi connectivity index (χ2n) is 7.12. The standard InChI is InChI=1S/C26H23ClN2O4/c1-17-8-10-18(11-9-17)16-33-23-7-5-4-6-19(23)12-20(15-28)26(30)29-22-14-24(31-2)21(27)13-25(22)32-3/h4-14H,16H2,1-3H3,(H,29,30)/b20-12+. The number of methoxy groups -OCH3 is 2. The van der Waals surface area contributed by atoms with Gasteiger partial charge in [-0.1, -0.05) is 59.6 Å². The van der Waals surface area contributed by atoms with Gasteiger partial charge in [-0.15, -0.1) is 0 Å². The predicted octanol–water partition coefficient (Wildman–Crippen LogP) is 5.79. The van der Waals surface area contributed by atoms with Crippen LogP contribution in [0.3, 0.4) is 0 Å². The molecular formula is C26H23ClN2O4. The van der Waals surface area contributed by atoms with E-state index in [1.807, 2.05) is 49.4 Å². The lowest BCUT2D eigenvalue weighted by Crippen LogP contribution is -2.14. The van der Waals surface area contributed by atoms with Crippen molar-refractivity contribution in [2.24, 2.45) is 0 Å². The van der Waals surface area contributed by atoms with Gasteiger partial charge >= 0.3 is 0 Å². The smallest absolute Gasteiger partial charge is 0.266 e. The van der Waals surface area contributed by atoms with E-state index in [-0.39, 0.29) is 5.57 Å². The topological polar surface area (TPSA) is 80.6 Å². The van der Waals surface area contributed by atoms with Gasteiger partial charge in [-0.2, -0.15) is 5.26 Å². The Labute approximate surface area is 198 Å². The van der Waals surface area contributed by atoms with Crippen LogP contribution < -0.4 is 19.5 Å². The minimum Gasteiger partial charge on any atom is -0.495 e. The minimum atomic E-state index is -0.603. The van der Waals surface area contributed by atoms with Gasteiger partial charge < -0.3 is 19.5 Å². The van der Waals surface area contributed by atoms with Gasteiger partial charge in [-0.05, 0) is 24.6 Å². The maximum Gasteiger partial charge on any atom is 0.266 e. The summed E-state index contributed by atoms with van der Waals surface area (Å²) in [5.41, 5.74) is 3.02. The molecule has 0 fully saturated rings. The molecule has 7 heteroatoms. The zero-order valence-corrected chi connectivity index (χ0v) is 19.3. The van der Waals surface area contributed by atoms with E-state index in [2.05, 4.69) is 5.32 Å². The highest BCUT2D eigenvalue weighted by Crippen LogP contribution is 2.36. The van der Waals surface area contributed by atoms with Crippen LogP contribution in [0.4, 0.5) is 5.69 Å². The summed E-state index contributed by atoms with van der Waals surface area (Å²) < 4.78 is 16.4. The number of para-hydroxylation sites is 1. The second-order valence-corrected chi connectivity index (χ2v) is 7.53. The first-order chi connectivity index (χ1) is 15.9. The van der Waals surface area contributed by atoms with Crippen LogP contribution in [-0.4, -0.2) is 20.1 Å². The Bertz CT molecular complexity index is 1210. The monoisotopic (exact) mass is 462 g/mol. The van der Waals surface area contributed by atoms with Gasteiger partial charge in [-0.25, -0.2) is 0 Å². The number of amides is 1. The number of carbonyl (C=O) groups excluding carboxylic acids is 1. The molecule has 1 amide bonds. The molecule has 0 aliphatic carbocycles. The third kappa shape index (κ3) is 6.06. The molecule has 0 spiro atoms. The van der Waals surface area contributed by atoms with Gasteiger partial charge in [0.05, 0.1) is 24.9 Å². The minimum absolute atomic E-state index is 0.0997. The molecule has 0 bridgehead atoms. The lowest BCUT2D eigenvalue weighted by atomic mass is 10.1. The van der Waals surface area contributed by atoms with Crippen molar-refractivity contribution >= 4 is 29.3 Å². The summed E-state index contributed by atoms with van der Waals surface area (Å²) in [6.45, 7) is 2.38. The van der Waals surface area contributed by atoms with E-state index in [1.54, 1.807) is 12.1 Å². The van der Waals surface area contributed by atoms with E-state index in [4.69, 9.17) is 25.8 Å². The highest BCUT2D eigenvalue weighted by atomic mass is 35.5. The molecular weight excluding hydrogens is 440 g/mol. The van der Waals surface area contributed by atoms with Crippen LogP contribution in [-0.2, 0) is 11.4 Å². The van der Waals surface area contributed by atoms with Crippen molar-refractivity contribution in [1.29, 1.82) is 5.26 Å². The molecule has 0 unspecified atom stereocenters. The van der Waals surface area contributed by atoms with Crippen LogP contribution in [0, 0.1) is 18.3 Å². The van der Waals surface area contributed by atoms with Crippen LogP contribution in [0.25, 0.3) is 6.08 Å². The number of aryl methyl sites for hydroxylation is 1. The average molecular weight is 463 g/mol. The number of carbonyl (C=O) groups is 1. The summed E-state index contributed by atoms with van der Waals surface area (Å²) in [5, 5.41) is 12.7. The van der Waals surface area contributed by atoms with Gasteiger partial charge in [0, 0.05) is 17.7 Å². The number of hydrogen-bond donors (Lipinski definition) is 1. The normalized spacial score (nSPS) is 10.8. The first-order valence-electron chi connectivity index (χ1n) is 10.1. The van der Waals surface area contributed by atoms with Crippen molar-refractivity contribution in [2.75, 3.05) is 19.5 Å². The van der Waals surface area contributed by atoms with Gasteiger partial charge in [-0.3, -0.25) is 4.79 Å². The number of nitrogens with zero attached hydrogens (tertiary/aromatic N) is 1. The molecule has 0 saturated carbocycles. The first kappa shape index (κ1) is 23.7. The van der Waals surface area contributed by atoms with Crippen LogP contribution in [0.5, 0.6) is 17.2 Å². The number of nitriles is 1.